The first kappa shape index (κ1) is 15.6. The van der Waals surface area contributed by atoms with Crippen LogP contribution in [0.4, 0.5) is 10.1 Å². The lowest BCUT2D eigenvalue weighted by Gasteiger charge is -2.16. The summed E-state index contributed by atoms with van der Waals surface area (Å²) in [5, 5.41) is 2.59. The molecule has 0 heterocycles. The molecule has 104 valence electrons. The van der Waals surface area contributed by atoms with Crippen LogP contribution in [-0.2, 0) is 4.79 Å². The van der Waals surface area contributed by atoms with Crippen molar-refractivity contribution in [2.75, 3.05) is 5.32 Å². The van der Waals surface area contributed by atoms with Gasteiger partial charge in [0.15, 0.2) is 0 Å². The highest BCUT2D eigenvalue weighted by atomic mass is 79.9. The molecular formula is C13H16BrFN2O2. The van der Waals surface area contributed by atoms with Crippen LogP contribution in [0.2, 0.25) is 0 Å². The predicted octanol–water partition coefficient (Wildman–Crippen LogP) is 2.59. The molecule has 0 bridgehead atoms. The average molecular weight is 331 g/mol. The van der Waals surface area contributed by atoms with Crippen molar-refractivity contribution >= 4 is 33.4 Å². The van der Waals surface area contributed by atoms with E-state index in [9.17, 15) is 14.0 Å². The third kappa shape index (κ3) is 3.76. The summed E-state index contributed by atoms with van der Waals surface area (Å²) < 4.78 is 13.6. The van der Waals surface area contributed by atoms with E-state index in [1.54, 1.807) is 0 Å². The summed E-state index contributed by atoms with van der Waals surface area (Å²) in [5.74, 6) is -1.53. The van der Waals surface area contributed by atoms with Crippen LogP contribution in [0.25, 0.3) is 0 Å². The maximum atomic E-state index is 13.6. The number of amides is 2. The number of nitrogens with one attached hydrogen (secondary N) is 1. The van der Waals surface area contributed by atoms with E-state index in [1.807, 2.05) is 13.8 Å². The molecule has 1 atom stereocenters. The van der Waals surface area contributed by atoms with Gasteiger partial charge in [-0.1, -0.05) is 29.8 Å². The maximum absolute atomic E-state index is 13.6. The summed E-state index contributed by atoms with van der Waals surface area (Å²) in [6.45, 7) is 5.28. The van der Waals surface area contributed by atoms with Crippen molar-refractivity contribution in [1.29, 1.82) is 0 Å². The van der Waals surface area contributed by atoms with Gasteiger partial charge < -0.3 is 11.1 Å². The molecule has 0 aliphatic rings. The molecular weight excluding hydrogens is 315 g/mol. The van der Waals surface area contributed by atoms with Gasteiger partial charge in [0, 0.05) is 16.8 Å². The molecule has 0 radical (unpaired) electrons. The number of hydrogen-bond donors (Lipinski definition) is 2. The Morgan fingerprint density at radius 3 is 2.42 bits per heavy atom. The van der Waals surface area contributed by atoms with Crippen molar-refractivity contribution in [2.45, 2.75) is 25.6 Å². The summed E-state index contributed by atoms with van der Waals surface area (Å²) in [6, 6.07) is 2.43. The third-order valence-electron chi connectivity index (χ3n) is 2.72. The molecule has 2 amide bonds. The number of carbonyl (C=O) groups is 2. The van der Waals surface area contributed by atoms with Crippen LogP contribution in [0.15, 0.2) is 12.1 Å². The summed E-state index contributed by atoms with van der Waals surface area (Å²) in [7, 11) is 0. The fourth-order valence-corrected chi connectivity index (χ4v) is 1.57. The Balaban J connectivity index is 3.07. The van der Waals surface area contributed by atoms with Gasteiger partial charge in [0.25, 0.3) is 0 Å². The molecule has 0 spiro atoms. The Morgan fingerprint density at radius 1 is 1.37 bits per heavy atom. The van der Waals surface area contributed by atoms with Crippen molar-refractivity contribution in [3.05, 3.63) is 29.1 Å². The topological polar surface area (TPSA) is 72.2 Å². The standard InChI is InChI=1S/C13H16BrFN2O2/c1-6(2)11(14)13(19)17-10-5-8(12(16)18)4-9(15)7(10)3/h4-6,11H,1-3H3,(H2,16,18)(H,17,19). The van der Waals surface area contributed by atoms with Crippen molar-refractivity contribution in [2.24, 2.45) is 11.7 Å². The van der Waals surface area contributed by atoms with Crippen LogP contribution in [0.3, 0.4) is 0 Å². The van der Waals surface area contributed by atoms with Crippen LogP contribution in [0, 0.1) is 18.7 Å². The van der Waals surface area contributed by atoms with Gasteiger partial charge in [-0.05, 0) is 25.0 Å². The first-order valence-corrected chi connectivity index (χ1v) is 6.70. The van der Waals surface area contributed by atoms with Crippen molar-refractivity contribution in [3.63, 3.8) is 0 Å². The Morgan fingerprint density at radius 2 is 1.95 bits per heavy atom. The maximum Gasteiger partial charge on any atom is 0.248 e. The zero-order valence-electron chi connectivity index (χ0n) is 11.0. The van der Waals surface area contributed by atoms with Gasteiger partial charge in [-0.3, -0.25) is 9.59 Å². The minimum Gasteiger partial charge on any atom is -0.366 e. The first-order valence-electron chi connectivity index (χ1n) is 5.79. The number of hydrogen-bond acceptors (Lipinski definition) is 2. The van der Waals surface area contributed by atoms with E-state index in [1.165, 1.54) is 13.0 Å². The molecule has 6 heteroatoms. The minimum atomic E-state index is -0.742. The van der Waals surface area contributed by atoms with E-state index in [-0.39, 0.29) is 28.6 Å². The Hall–Kier alpha value is -1.43. The average Bonchev–Trinajstić information content (AvgIpc) is 2.33. The van der Waals surface area contributed by atoms with Gasteiger partial charge in [0.1, 0.15) is 5.82 Å². The first-order chi connectivity index (χ1) is 8.73. The lowest BCUT2D eigenvalue weighted by Crippen LogP contribution is -2.27. The molecule has 0 saturated heterocycles. The number of rotatable bonds is 4. The van der Waals surface area contributed by atoms with Crippen LogP contribution in [0.1, 0.15) is 29.8 Å². The van der Waals surface area contributed by atoms with E-state index >= 15 is 0 Å². The van der Waals surface area contributed by atoms with Gasteiger partial charge in [-0.15, -0.1) is 0 Å². The normalized spacial score (nSPS) is 12.3. The predicted molar refractivity (Wildman–Crippen MR) is 75.8 cm³/mol. The molecule has 0 saturated carbocycles. The number of carbonyl (C=O) groups excluding carboxylic acids is 2. The van der Waals surface area contributed by atoms with Crippen LogP contribution in [-0.4, -0.2) is 16.6 Å². The van der Waals surface area contributed by atoms with E-state index in [2.05, 4.69) is 21.2 Å². The number of anilines is 1. The molecule has 1 aromatic rings. The number of benzene rings is 1. The highest BCUT2D eigenvalue weighted by Crippen LogP contribution is 2.22. The highest BCUT2D eigenvalue weighted by molar-refractivity contribution is 9.10. The molecule has 0 aliphatic heterocycles. The SMILES string of the molecule is Cc1c(F)cc(C(N)=O)cc1NC(=O)C(Br)C(C)C. The molecule has 1 aromatic carbocycles. The molecule has 0 aromatic heterocycles. The number of primary amides is 1. The van der Waals surface area contributed by atoms with Crippen LogP contribution >= 0.6 is 15.9 Å². The summed E-state index contributed by atoms with van der Waals surface area (Å²) in [5.41, 5.74) is 5.65. The molecule has 0 aliphatic carbocycles. The Bertz CT molecular complexity index is 518. The van der Waals surface area contributed by atoms with Crippen LogP contribution < -0.4 is 11.1 Å². The highest BCUT2D eigenvalue weighted by Gasteiger charge is 2.20. The van der Waals surface area contributed by atoms with Gasteiger partial charge in [-0.25, -0.2) is 4.39 Å². The van der Waals surface area contributed by atoms with Gasteiger partial charge in [0.05, 0.1) is 4.83 Å². The van der Waals surface area contributed by atoms with Gasteiger partial charge >= 0.3 is 0 Å². The van der Waals surface area contributed by atoms with Crippen molar-refractivity contribution in [3.8, 4) is 0 Å². The third-order valence-corrected chi connectivity index (χ3v) is 4.20. The Labute approximate surface area is 119 Å². The van der Waals surface area contributed by atoms with Gasteiger partial charge in [-0.2, -0.15) is 0 Å². The fourth-order valence-electron chi connectivity index (χ4n) is 1.46. The van der Waals surface area contributed by atoms with E-state index in [4.69, 9.17) is 5.73 Å². The smallest absolute Gasteiger partial charge is 0.248 e. The second-order valence-corrected chi connectivity index (χ2v) is 5.62. The van der Waals surface area contributed by atoms with Crippen molar-refractivity contribution < 1.29 is 14.0 Å². The molecule has 4 nitrogen and oxygen atoms in total. The Kier molecular flexibility index (Phi) is 5.05. The summed E-state index contributed by atoms with van der Waals surface area (Å²) in [4.78, 5) is 22.6. The largest absolute Gasteiger partial charge is 0.366 e. The molecule has 0 fully saturated rings. The molecule has 19 heavy (non-hydrogen) atoms. The quantitative estimate of drug-likeness (QED) is 0.833. The van der Waals surface area contributed by atoms with Gasteiger partial charge in [0.2, 0.25) is 11.8 Å². The summed E-state index contributed by atoms with van der Waals surface area (Å²) >= 11 is 3.26. The van der Waals surface area contributed by atoms with E-state index in [0.29, 0.717) is 0 Å². The lowest BCUT2D eigenvalue weighted by molar-refractivity contribution is -0.116. The minimum absolute atomic E-state index is 0.0223. The second kappa shape index (κ2) is 6.14. The number of nitrogens with two attached hydrogens (primary N) is 1. The van der Waals surface area contributed by atoms with E-state index in [0.717, 1.165) is 6.07 Å². The monoisotopic (exact) mass is 330 g/mol. The number of alkyl halides is 1. The van der Waals surface area contributed by atoms with E-state index < -0.39 is 16.6 Å². The zero-order chi connectivity index (χ0) is 14.7. The fraction of sp³-hybridized carbons (Fsp3) is 0.385. The second-order valence-electron chi connectivity index (χ2n) is 4.63. The molecule has 3 N–H and O–H groups in total. The lowest BCUT2D eigenvalue weighted by atomic mass is 10.1. The van der Waals surface area contributed by atoms with Crippen LogP contribution in [0.5, 0.6) is 0 Å². The number of halogens is 2. The van der Waals surface area contributed by atoms with Crippen molar-refractivity contribution in [1.82, 2.24) is 0 Å². The summed E-state index contributed by atoms with van der Waals surface area (Å²) in [6.07, 6.45) is 0. The molecule has 1 rings (SSSR count). The molecule has 1 unspecified atom stereocenters. The zero-order valence-corrected chi connectivity index (χ0v) is 12.5.